The molecule has 0 atom stereocenters. The van der Waals surface area contributed by atoms with E-state index in [0.29, 0.717) is 17.5 Å². The maximum atomic E-state index is 6.10. The summed E-state index contributed by atoms with van der Waals surface area (Å²) in [7, 11) is 0. The topological polar surface area (TPSA) is 37.4 Å². The summed E-state index contributed by atoms with van der Waals surface area (Å²) in [6.07, 6.45) is 1.65. The molecule has 0 fully saturated rings. The van der Waals surface area contributed by atoms with Crippen molar-refractivity contribution in [1.82, 2.24) is 15.2 Å². The smallest absolute Gasteiger partial charge is 0.213 e. The molecule has 1 rings (SSSR count). The van der Waals surface area contributed by atoms with Gasteiger partial charge >= 0.3 is 0 Å². The minimum Gasteiger partial charge on any atom is -0.476 e. The average Bonchev–Trinajstić information content (AvgIpc) is 2.44. The van der Waals surface area contributed by atoms with Crippen molar-refractivity contribution in [2.75, 3.05) is 32.8 Å². The maximum Gasteiger partial charge on any atom is 0.213 e. The third kappa shape index (κ3) is 5.76. The largest absolute Gasteiger partial charge is 0.476 e. The summed E-state index contributed by atoms with van der Waals surface area (Å²) in [4.78, 5) is 6.51. The Hall–Kier alpha value is -0.840. The second-order valence-corrected chi connectivity index (χ2v) is 4.68. The van der Waals surface area contributed by atoms with Gasteiger partial charge in [0.15, 0.2) is 0 Å². The van der Waals surface area contributed by atoms with Crippen LogP contribution in [0.4, 0.5) is 0 Å². The van der Waals surface area contributed by atoms with Crippen molar-refractivity contribution in [2.45, 2.75) is 27.3 Å². The lowest BCUT2D eigenvalue weighted by molar-refractivity contribution is 0.218. The Kier molecular flexibility index (Phi) is 7.79. The van der Waals surface area contributed by atoms with E-state index in [1.165, 1.54) is 0 Å². The normalized spacial score (nSPS) is 11.0. The first-order valence-electron chi connectivity index (χ1n) is 6.91. The van der Waals surface area contributed by atoms with Crippen LogP contribution in [-0.4, -0.2) is 42.7 Å². The molecule has 0 unspecified atom stereocenters. The number of nitrogens with one attached hydrogen (secondary N) is 1. The quantitative estimate of drug-likeness (QED) is 0.757. The fourth-order valence-electron chi connectivity index (χ4n) is 1.75. The van der Waals surface area contributed by atoms with E-state index in [2.05, 4.69) is 36.0 Å². The average molecular weight is 286 g/mol. The van der Waals surface area contributed by atoms with Crippen molar-refractivity contribution in [2.24, 2.45) is 0 Å². The molecular formula is C14H24ClN3O. The molecule has 0 spiro atoms. The lowest BCUT2D eigenvalue weighted by Gasteiger charge is -2.17. The molecule has 1 aromatic rings. The summed E-state index contributed by atoms with van der Waals surface area (Å²) in [6.45, 7) is 11.7. The van der Waals surface area contributed by atoms with E-state index < -0.39 is 0 Å². The Bertz CT molecular complexity index is 370. The zero-order valence-corrected chi connectivity index (χ0v) is 12.8. The highest BCUT2D eigenvalue weighted by molar-refractivity contribution is 6.31. The summed E-state index contributed by atoms with van der Waals surface area (Å²) in [5.41, 5.74) is 1.02. The van der Waals surface area contributed by atoms with Gasteiger partial charge in [0.25, 0.3) is 0 Å². The predicted molar refractivity (Wildman–Crippen MR) is 79.9 cm³/mol. The van der Waals surface area contributed by atoms with Crippen LogP contribution < -0.4 is 10.1 Å². The van der Waals surface area contributed by atoms with Crippen molar-refractivity contribution >= 4 is 11.6 Å². The minimum atomic E-state index is 0.643. The van der Waals surface area contributed by atoms with Gasteiger partial charge in [-0.15, -0.1) is 0 Å². The van der Waals surface area contributed by atoms with E-state index in [0.717, 1.165) is 38.3 Å². The molecule has 0 aliphatic carbocycles. The minimum absolute atomic E-state index is 0.643. The number of nitrogens with zero attached hydrogens (tertiary/aromatic N) is 2. The first-order chi connectivity index (χ1) is 9.21. The van der Waals surface area contributed by atoms with Crippen molar-refractivity contribution in [3.05, 3.63) is 22.8 Å². The zero-order chi connectivity index (χ0) is 14.1. The van der Waals surface area contributed by atoms with Gasteiger partial charge in [0.2, 0.25) is 5.88 Å². The molecule has 1 N–H and O–H groups in total. The molecule has 19 heavy (non-hydrogen) atoms. The molecule has 108 valence electrons. The van der Waals surface area contributed by atoms with Gasteiger partial charge in [-0.3, -0.25) is 0 Å². The van der Waals surface area contributed by atoms with Gasteiger partial charge in [-0.2, -0.15) is 0 Å². The van der Waals surface area contributed by atoms with Gasteiger partial charge < -0.3 is 15.0 Å². The van der Waals surface area contributed by atoms with Crippen LogP contribution in [0.1, 0.15) is 26.3 Å². The van der Waals surface area contributed by atoms with Crippen molar-refractivity contribution in [3.63, 3.8) is 0 Å². The molecule has 5 heteroatoms. The standard InChI is InChI=1S/C14H24ClN3O/c1-4-16-10-12-9-14(17-11-13(12)15)19-8-7-18(5-2)6-3/h9,11,16H,4-8,10H2,1-3H3. The van der Waals surface area contributed by atoms with Gasteiger partial charge in [-0.1, -0.05) is 32.4 Å². The van der Waals surface area contributed by atoms with Crippen molar-refractivity contribution in [3.8, 4) is 5.88 Å². The Labute approximate surface area is 121 Å². The fraction of sp³-hybridized carbons (Fsp3) is 0.643. The molecule has 0 radical (unpaired) electrons. The van der Waals surface area contributed by atoms with Gasteiger partial charge in [-0.05, 0) is 25.2 Å². The second-order valence-electron chi connectivity index (χ2n) is 4.27. The summed E-state index contributed by atoms with van der Waals surface area (Å²) >= 11 is 6.10. The van der Waals surface area contributed by atoms with Crippen molar-refractivity contribution in [1.29, 1.82) is 0 Å². The van der Waals surface area contributed by atoms with Gasteiger partial charge in [0.1, 0.15) is 6.61 Å². The Morgan fingerprint density at radius 2 is 2.05 bits per heavy atom. The van der Waals surface area contributed by atoms with Crippen LogP contribution in [0.3, 0.4) is 0 Å². The van der Waals surface area contributed by atoms with E-state index in [1.807, 2.05) is 6.07 Å². The van der Waals surface area contributed by atoms with E-state index in [4.69, 9.17) is 16.3 Å². The first-order valence-corrected chi connectivity index (χ1v) is 7.29. The molecule has 0 aliphatic heterocycles. The van der Waals surface area contributed by atoms with Crippen LogP contribution in [0.15, 0.2) is 12.3 Å². The van der Waals surface area contributed by atoms with Crippen LogP contribution in [-0.2, 0) is 6.54 Å². The molecule has 0 amide bonds. The van der Waals surface area contributed by atoms with Crippen LogP contribution >= 0.6 is 11.6 Å². The number of pyridine rings is 1. The molecule has 0 bridgehead atoms. The third-order valence-corrected chi connectivity index (χ3v) is 3.37. The SMILES string of the molecule is CCNCc1cc(OCCN(CC)CC)ncc1Cl. The van der Waals surface area contributed by atoms with E-state index in [9.17, 15) is 0 Å². The third-order valence-electron chi connectivity index (χ3n) is 3.03. The zero-order valence-electron chi connectivity index (χ0n) is 12.1. The first kappa shape index (κ1) is 16.2. The highest BCUT2D eigenvalue weighted by Gasteiger charge is 2.05. The van der Waals surface area contributed by atoms with E-state index >= 15 is 0 Å². The monoisotopic (exact) mass is 285 g/mol. The molecule has 4 nitrogen and oxygen atoms in total. The lowest BCUT2D eigenvalue weighted by Crippen LogP contribution is -2.28. The number of ether oxygens (including phenoxy) is 1. The lowest BCUT2D eigenvalue weighted by atomic mass is 10.2. The molecule has 0 aromatic carbocycles. The number of aromatic nitrogens is 1. The van der Waals surface area contributed by atoms with Gasteiger partial charge in [-0.25, -0.2) is 4.98 Å². The number of likely N-dealkylation sites (N-methyl/N-ethyl adjacent to an activating group) is 1. The molecule has 0 saturated heterocycles. The van der Waals surface area contributed by atoms with Crippen LogP contribution in [0.25, 0.3) is 0 Å². The van der Waals surface area contributed by atoms with E-state index in [-0.39, 0.29) is 0 Å². The summed E-state index contributed by atoms with van der Waals surface area (Å²) < 4.78 is 5.68. The molecule has 1 heterocycles. The summed E-state index contributed by atoms with van der Waals surface area (Å²) in [6, 6.07) is 1.91. The molecular weight excluding hydrogens is 262 g/mol. The van der Waals surface area contributed by atoms with Crippen LogP contribution in [0.5, 0.6) is 5.88 Å². The summed E-state index contributed by atoms with van der Waals surface area (Å²) in [5, 5.41) is 3.93. The number of hydrogen-bond acceptors (Lipinski definition) is 4. The number of rotatable bonds is 9. The second kappa shape index (κ2) is 9.13. The van der Waals surface area contributed by atoms with Gasteiger partial charge in [0, 0.05) is 25.4 Å². The van der Waals surface area contributed by atoms with Crippen LogP contribution in [0, 0.1) is 0 Å². The molecule has 1 aromatic heterocycles. The summed E-state index contributed by atoms with van der Waals surface area (Å²) in [5.74, 6) is 0.643. The number of halogens is 1. The fourth-order valence-corrected chi connectivity index (χ4v) is 1.92. The maximum absolute atomic E-state index is 6.10. The molecule has 0 aliphatic rings. The highest BCUT2D eigenvalue weighted by Crippen LogP contribution is 2.19. The Morgan fingerprint density at radius 3 is 2.68 bits per heavy atom. The van der Waals surface area contributed by atoms with Crippen LogP contribution in [0.2, 0.25) is 5.02 Å². The highest BCUT2D eigenvalue weighted by atomic mass is 35.5. The Balaban J connectivity index is 2.49. The van der Waals surface area contributed by atoms with Gasteiger partial charge in [0.05, 0.1) is 5.02 Å². The van der Waals surface area contributed by atoms with Crippen molar-refractivity contribution < 1.29 is 4.74 Å². The predicted octanol–water partition coefficient (Wildman–Crippen LogP) is 2.57. The Morgan fingerprint density at radius 1 is 1.32 bits per heavy atom. The number of hydrogen-bond donors (Lipinski definition) is 1. The molecule has 0 saturated carbocycles. The van der Waals surface area contributed by atoms with E-state index in [1.54, 1.807) is 6.20 Å².